The molecule has 6 heteroatoms. The summed E-state index contributed by atoms with van der Waals surface area (Å²) in [6.45, 7) is 5.83. The molecule has 5 nitrogen and oxygen atoms in total. The quantitative estimate of drug-likeness (QED) is 0.800. The number of rotatable bonds is 3. The minimum Gasteiger partial charge on any atom is -0.463 e. The SMILES string of the molecule is CCOC(=O)C1=C(C)N=C2SCC(=O)N2C1c1ccccc1C. The van der Waals surface area contributed by atoms with E-state index in [1.54, 1.807) is 18.7 Å². The average Bonchev–Trinajstić information content (AvgIpc) is 2.87. The summed E-state index contributed by atoms with van der Waals surface area (Å²) in [5.74, 6) is -0.0908. The lowest BCUT2D eigenvalue weighted by Crippen LogP contribution is -2.40. The van der Waals surface area contributed by atoms with Gasteiger partial charge in [0.25, 0.3) is 0 Å². The number of nitrogens with zero attached hydrogens (tertiary/aromatic N) is 2. The van der Waals surface area contributed by atoms with Crippen LogP contribution in [0.3, 0.4) is 0 Å². The number of carbonyl (C=O) groups is 2. The van der Waals surface area contributed by atoms with Crippen LogP contribution in [0.25, 0.3) is 0 Å². The Labute approximate surface area is 139 Å². The third-order valence-corrected chi connectivity index (χ3v) is 4.90. The summed E-state index contributed by atoms with van der Waals surface area (Å²) in [5, 5.41) is 0.661. The Balaban J connectivity index is 2.17. The Morgan fingerprint density at radius 2 is 2.13 bits per heavy atom. The fourth-order valence-electron chi connectivity index (χ4n) is 2.90. The molecule has 1 fully saturated rings. The number of hydrogen-bond donors (Lipinski definition) is 0. The smallest absolute Gasteiger partial charge is 0.338 e. The highest BCUT2D eigenvalue weighted by Crippen LogP contribution is 2.41. The standard InChI is InChI=1S/C17H18N2O3S/c1-4-22-16(21)14-11(3)18-17-19(13(20)9-23-17)15(14)12-8-6-5-7-10(12)2/h5-8,15H,4,9H2,1-3H3. The third kappa shape index (κ3) is 2.67. The lowest BCUT2D eigenvalue weighted by atomic mass is 9.91. The molecule has 1 unspecified atom stereocenters. The zero-order valence-corrected chi connectivity index (χ0v) is 14.1. The Morgan fingerprint density at radius 1 is 1.39 bits per heavy atom. The van der Waals surface area contributed by atoms with Gasteiger partial charge in [-0.3, -0.25) is 9.69 Å². The number of aliphatic imine (C=N–C) groups is 1. The molecule has 1 aromatic rings. The minimum atomic E-state index is -0.467. The second-order valence-electron chi connectivity index (χ2n) is 5.43. The highest BCUT2D eigenvalue weighted by atomic mass is 32.2. The molecule has 23 heavy (non-hydrogen) atoms. The lowest BCUT2D eigenvalue weighted by molar-refractivity contribution is -0.139. The summed E-state index contributed by atoms with van der Waals surface area (Å²) in [6.07, 6.45) is 0. The van der Waals surface area contributed by atoms with E-state index in [1.807, 2.05) is 31.2 Å². The Hall–Kier alpha value is -2.08. The maximum Gasteiger partial charge on any atom is 0.338 e. The van der Waals surface area contributed by atoms with Crippen molar-refractivity contribution in [3.8, 4) is 0 Å². The second-order valence-corrected chi connectivity index (χ2v) is 6.37. The normalized spacial score (nSPS) is 20.5. The Kier molecular flexibility index (Phi) is 4.26. The van der Waals surface area contributed by atoms with E-state index >= 15 is 0 Å². The maximum absolute atomic E-state index is 12.5. The number of allylic oxidation sites excluding steroid dienone is 1. The van der Waals surface area contributed by atoms with Crippen LogP contribution in [0.5, 0.6) is 0 Å². The molecule has 0 aliphatic carbocycles. The van der Waals surface area contributed by atoms with E-state index in [1.165, 1.54) is 11.8 Å². The first-order valence-corrected chi connectivity index (χ1v) is 8.50. The zero-order valence-electron chi connectivity index (χ0n) is 13.3. The van der Waals surface area contributed by atoms with Crippen molar-refractivity contribution in [3.63, 3.8) is 0 Å². The van der Waals surface area contributed by atoms with Crippen LogP contribution in [-0.4, -0.2) is 34.3 Å². The molecule has 1 saturated heterocycles. The molecule has 120 valence electrons. The summed E-state index contributed by atoms with van der Waals surface area (Å²) in [7, 11) is 0. The van der Waals surface area contributed by atoms with E-state index in [4.69, 9.17) is 4.74 Å². The predicted molar refractivity (Wildman–Crippen MR) is 90.0 cm³/mol. The van der Waals surface area contributed by atoms with Gasteiger partial charge in [0.1, 0.15) is 0 Å². The monoisotopic (exact) mass is 330 g/mol. The van der Waals surface area contributed by atoms with Crippen molar-refractivity contribution in [1.29, 1.82) is 0 Å². The highest BCUT2D eigenvalue weighted by Gasteiger charge is 2.43. The van der Waals surface area contributed by atoms with Crippen LogP contribution in [0.15, 0.2) is 40.5 Å². The topological polar surface area (TPSA) is 59.0 Å². The molecule has 1 atom stereocenters. The molecule has 0 spiro atoms. The van der Waals surface area contributed by atoms with Crippen LogP contribution in [-0.2, 0) is 14.3 Å². The van der Waals surface area contributed by atoms with Crippen molar-refractivity contribution in [3.05, 3.63) is 46.7 Å². The van der Waals surface area contributed by atoms with Crippen molar-refractivity contribution in [2.75, 3.05) is 12.4 Å². The molecule has 0 aromatic heterocycles. The van der Waals surface area contributed by atoms with E-state index in [9.17, 15) is 9.59 Å². The van der Waals surface area contributed by atoms with Crippen molar-refractivity contribution in [2.45, 2.75) is 26.8 Å². The summed E-state index contributed by atoms with van der Waals surface area (Å²) in [5.41, 5.74) is 3.02. The minimum absolute atomic E-state index is 0.0312. The molecule has 0 bridgehead atoms. The fraction of sp³-hybridized carbons (Fsp3) is 0.353. The largest absolute Gasteiger partial charge is 0.463 e. The number of esters is 1. The van der Waals surface area contributed by atoms with Crippen LogP contribution < -0.4 is 0 Å². The maximum atomic E-state index is 12.5. The highest BCUT2D eigenvalue weighted by molar-refractivity contribution is 8.15. The fourth-order valence-corrected chi connectivity index (χ4v) is 3.84. The van der Waals surface area contributed by atoms with Crippen LogP contribution >= 0.6 is 11.8 Å². The molecule has 2 aliphatic heterocycles. The van der Waals surface area contributed by atoms with Gasteiger partial charge in [-0.05, 0) is 31.9 Å². The molecule has 3 rings (SSSR count). The number of hydrogen-bond acceptors (Lipinski definition) is 5. The summed E-state index contributed by atoms with van der Waals surface area (Å²) in [4.78, 5) is 31.0. The first-order chi connectivity index (χ1) is 11.0. The molecule has 1 amide bonds. The molecule has 0 saturated carbocycles. The Morgan fingerprint density at radius 3 is 2.83 bits per heavy atom. The van der Waals surface area contributed by atoms with E-state index in [0.717, 1.165) is 11.1 Å². The van der Waals surface area contributed by atoms with Gasteiger partial charge in [0, 0.05) is 0 Å². The predicted octanol–water partition coefficient (Wildman–Crippen LogP) is 2.82. The molecule has 0 N–H and O–H groups in total. The zero-order chi connectivity index (χ0) is 16.6. The molecule has 1 aromatic carbocycles. The lowest BCUT2D eigenvalue weighted by Gasteiger charge is -2.33. The molecular weight excluding hydrogens is 312 g/mol. The summed E-state index contributed by atoms with van der Waals surface area (Å²) < 4.78 is 5.22. The van der Waals surface area contributed by atoms with Crippen molar-refractivity contribution in [2.24, 2.45) is 4.99 Å². The molecule has 2 aliphatic rings. The number of amidine groups is 1. The molecular formula is C17H18N2O3S. The van der Waals surface area contributed by atoms with Gasteiger partial charge in [-0.1, -0.05) is 36.0 Å². The van der Waals surface area contributed by atoms with Crippen molar-refractivity contribution >= 4 is 28.8 Å². The van der Waals surface area contributed by atoms with Gasteiger partial charge in [-0.25, -0.2) is 9.79 Å². The second kappa shape index (κ2) is 6.20. The van der Waals surface area contributed by atoms with Crippen LogP contribution in [0.4, 0.5) is 0 Å². The van der Waals surface area contributed by atoms with E-state index in [0.29, 0.717) is 22.2 Å². The van der Waals surface area contributed by atoms with Gasteiger partial charge in [0.15, 0.2) is 5.17 Å². The number of ether oxygens (including phenoxy) is 1. The van der Waals surface area contributed by atoms with Crippen LogP contribution in [0, 0.1) is 6.92 Å². The van der Waals surface area contributed by atoms with E-state index < -0.39 is 12.0 Å². The van der Waals surface area contributed by atoms with Gasteiger partial charge in [0.2, 0.25) is 5.91 Å². The number of thioether (sulfide) groups is 1. The third-order valence-electron chi connectivity index (χ3n) is 3.96. The number of fused-ring (bicyclic) bond motifs is 1. The average molecular weight is 330 g/mol. The first-order valence-electron chi connectivity index (χ1n) is 7.51. The molecule has 2 heterocycles. The summed E-state index contributed by atoms with van der Waals surface area (Å²) >= 11 is 1.41. The van der Waals surface area contributed by atoms with E-state index in [2.05, 4.69) is 4.99 Å². The number of carbonyl (C=O) groups excluding carboxylic acids is 2. The van der Waals surface area contributed by atoms with Gasteiger partial charge in [-0.2, -0.15) is 0 Å². The van der Waals surface area contributed by atoms with Gasteiger partial charge >= 0.3 is 5.97 Å². The number of amides is 1. The van der Waals surface area contributed by atoms with Crippen molar-refractivity contribution in [1.82, 2.24) is 4.90 Å². The van der Waals surface area contributed by atoms with Crippen LogP contribution in [0.2, 0.25) is 0 Å². The molecule has 0 radical (unpaired) electrons. The number of benzene rings is 1. The van der Waals surface area contributed by atoms with Gasteiger partial charge < -0.3 is 4.74 Å². The van der Waals surface area contributed by atoms with Crippen LogP contribution in [0.1, 0.15) is 31.0 Å². The van der Waals surface area contributed by atoms with Gasteiger partial charge in [0.05, 0.1) is 29.7 Å². The number of aryl methyl sites for hydroxylation is 1. The van der Waals surface area contributed by atoms with E-state index in [-0.39, 0.29) is 12.5 Å². The summed E-state index contributed by atoms with van der Waals surface area (Å²) in [6, 6.07) is 7.32. The Bertz CT molecular complexity index is 739. The van der Waals surface area contributed by atoms with Gasteiger partial charge in [-0.15, -0.1) is 0 Å². The van der Waals surface area contributed by atoms with Crippen molar-refractivity contribution < 1.29 is 14.3 Å². The first kappa shape index (κ1) is 15.8.